The fraction of sp³-hybridized carbons (Fsp3) is 0.533. The molecule has 1 rings (SSSR count). The average Bonchev–Trinajstić information content (AvgIpc) is 2.27. The molecule has 0 saturated carbocycles. The summed E-state index contributed by atoms with van der Waals surface area (Å²) in [6, 6.07) is 7.38. The van der Waals surface area contributed by atoms with Crippen molar-refractivity contribution >= 4 is 11.6 Å². The molecule has 0 aliphatic heterocycles. The molecule has 100 valence electrons. The van der Waals surface area contributed by atoms with Gasteiger partial charge in [-0.25, -0.2) is 0 Å². The van der Waals surface area contributed by atoms with Gasteiger partial charge in [-0.2, -0.15) is 0 Å². The van der Waals surface area contributed by atoms with Gasteiger partial charge in [-0.15, -0.1) is 0 Å². The summed E-state index contributed by atoms with van der Waals surface area (Å²) in [5, 5.41) is 2.88. The van der Waals surface area contributed by atoms with Crippen LogP contribution in [0.5, 0.6) is 0 Å². The molecular weight excluding hydrogens is 224 g/mol. The highest BCUT2D eigenvalue weighted by Crippen LogP contribution is 2.21. The normalized spacial score (nSPS) is 13.5. The summed E-state index contributed by atoms with van der Waals surface area (Å²) >= 11 is 0. The number of amides is 1. The highest BCUT2D eigenvalue weighted by atomic mass is 16.2. The number of nitrogens with two attached hydrogens (primary N) is 1. The van der Waals surface area contributed by atoms with E-state index in [1.807, 2.05) is 39.0 Å². The summed E-state index contributed by atoms with van der Waals surface area (Å²) in [6.07, 6.45) is 0. The minimum Gasteiger partial charge on any atom is -0.325 e. The molecule has 18 heavy (non-hydrogen) atoms. The number of carbonyl (C=O) groups is 1. The van der Waals surface area contributed by atoms with Gasteiger partial charge in [-0.1, -0.05) is 46.8 Å². The lowest BCUT2D eigenvalue weighted by Crippen LogP contribution is -2.45. The Labute approximate surface area is 110 Å². The van der Waals surface area contributed by atoms with Crippen molar-refractivity contribution < 1.29 is 4.79 Å². The summed E-state index contributed by atoms with van der Waals surface area (Å²) in [5.41, 5.74) is 7.71. The Kier molecular flexibility index (Phi) is 4.52. The van der Waals surface area contributed by atoms with Crippen LogP contribution in [0.3, 0.4) is 0 Å². The van der Waals surface area contributed by atoms with Crippen molar-refractivity contribution in [2.75, 3.05) is 5.32 Å². The Morgan fingerprint density at radius 3 is 2.39 bits per heavy atom. The quantitative estimate of drug-likeness (QED) is 0.863. The SMILES string of the molecule is CC(C)c1cccc(NC(=O)C(N)C(C)(C)C)c1. The predicted molar refractivity (Wildman–Crippen MR) is 76.6 cm³/mol. The molecule has 0 aromatic heterocycles. The van der Waals surface area contributed by atoms with Crippen LogP contribution in [0.4, 0.5) is 5.69 Å². The van der Waals surface area contributed by atoms with Crippen LogP contribution >= 0.6 is 0 Å². The molecule has 0 heterocycles. The second-order valence-electron chi connectivity index (χ2n) is 6.11. The third-order valence-electron chi connectivity index (χ3n) is 3.04. The van der Waals surface area contributed by atoms with Crippen LogP contribution in [0.1, 0.15) is 46.1 Å². The summed E-state index contributed by atoms with van der Waals surface area (Å²) < 4.78 is 0. The minimum absolute atomic E-state index is 0.136. The Balaban J connectivity index is 2.79. The number of hydrogen-bond donors (Lipinski definition) is 2. The molecule has 3 nitrogen and oxygen atoms in total. The fourth-order valence-electron chi connectivity index (χ4n) is 1.59. The van der Waals surface area contributed by atoms with Crippen LogP contribution < -0.4 is 11.1 Å². The topological polar surface area (TPSA) is 55.1 Å². The van der Waals surface area contributed by atoms with Crippen molar-refractivity contribution in [2.24, 2.45) is 11.1 Å². The molecule has 1 aromatic carbocycles. The van der Waals surface area contributed by atoms with Crippen molar-refractivity contribution in [2.45, 2.75) is 46.6 Å². The van der Waals surface area contributed by atoms with Gasteiger partial charge in [0.2, 0.25) is 5.91 Å². The Bertz CT molecular complexity index is 419. The van der Waals surface area contributed by atoms with Crippen LogP contribution in [0.25, 0.3) is 0 Å². The van der Waals surface area contributed by atoms with E-state index in [0.29, 0.717) is 5.92 Å². The van der Waals surface area contributed by atoms with Gasteiger partial charge in [0.15, 0.2) is 0 Å². The van der Waals surface area contributed by atoms with Gasteiger partial charge in [0, 0.05) is 5.69 Å². The van der Waals surface area contributed by atoms with Crippen LogP contribution in [0.2, 0.25) is 0 Å². The third kappa shape index (κ3) is 3.84. The molecule has 0 fully saturated rings. The van der Waals surface area contributed by atoms with E-state index in [1.165, 1.54) is 5.56 Å². The maximum Gasteiger partial charge on any atom is 0.241 e. The van der Waals surface area contributed by atoms with Gasteiger partial charge < -0.3 is 11.1 Å². The summed E-state index contributed by atoms with van der Waals surface area (Å²) in [7, 11) is 0. The maximum absolute atomic E-state index is 12.0. The van der Waals surface area contributed by atoms with Gasteiger partial charge >= 0.3 is 0 Å². The van der Waals surface area contributed by atoms with Crippen LogP contribution in [-0.2, 0) is 4.79 Å². The highest BCUT2D eigenvalue weighted by Gasteiger charge is 2.27. The largest absolute Gasteiger partial charge is 0.325 e. The van der Waals surface area contributed by atoms with E-state index in [2.05, 4.69) is 25.2 Å². The molecule has 0 bridgehead atoms. The van der Waals surface area contributed by atoms with E-state index >= 15 is 0 Å². The van der Waals surface area contributed by atoms with Gasteiger partial charge in [0.25, 0.3) is 0 Å². The zero-order valence-electron chi connectivity index (χ0n) is 11.9. The Hall–Kier alpha value is -1.35. The van der Waals surface area contributed by atoms with Gasteiger partial charge in [-0.3, -0.25) is 4.79 Å². The predicted octanol–water partition coefficient (Wildman–Crippen LogP) is 3.12. The molecule has 0 spiro atoms. The monoisotopic (exact) mass is 248 g/mol. The van der Waals surface area contributed by atoms with Gasteiger partial charge in [0.05, 0.1) is 6.04 Å². The molecule has 0 aliphatic carbocycles. The lowest BCUT2D eigenvalue weighted by molar-refractivity contribution is -0.119. The third-order valence-corrected chi connectivity index (χ3v) is 3.04. The van der Waals surface area contributed by atoms with Crippen LogP contribution in [-0.4, -0.2) is 11.9 Å². The Morgan fingerprint density at radius 1 is 1.28 bits per heavy atom. The first-order valence-electron chi connectivity index (χ1n) is 6.38. The van der Waals surface area contributed by atoms with Crippen molar-refractivity contribution in [1.29, 1.82) is 0 Å². The fourth-order valence-corrected chi connectivity index (χ4v) is 1.59. The molecule has 1 unspecified atom stereocenters. The number of benzene rings is 1. The number of carbonyl (C=O) groups excluding carboxylic acids is 1. The molecular formula is C15H24N2O. The van der Waals surface area contributed by atoms with E-state index in [0.717, 1.165) is 5.69 Å². The van der Waals surface area contributed by atoms with Crippen LogP contribution in [0.15, 0.2) is 24.3 Å². The zero-order chi connectivity index (χ0) is 13.9. The van der Waals surface area contributed by atoms with E-state index in [1.54, 1.807) is 0 Å². The standard InChI is InChI=1S/C15H24N2O/c1-10(2)11-7-6-8-12(9-11)17-14(18)13(16)15(3,4)5/h6-10,13H,16H2,1-5H3,(H,17,18). The molecule has 0 aliphatic rings. The molecule has 1 aromatic rings. The van der Waals surface area contributed by atoms with Crippen molar-refractivity contribution in [3.05, 3.63) is 29.8 Å². The second kappa shape index (κ2) is 5.53. The number of anilines is 1. The molecule has 0 radical (unpaired) electrons. The summed E-state index contributed by atoms with van der Waals surface area (Å²) in [4.78, 5) is 12.0. The smallest absolute Gasteiger partial charge is 0.241 e. The molecule has 0 saturated heterocycles. The van der Waals surface area contributed by atoms with E-state index in [-0.39, 0.29) is 11.3 Å². The van der Waals surface area contributed by atoms with Crippen LogP contribution in [0, 0.1) is 5.41 Å². The van der Waals surface area contributed by atoms with Crippen molar-refractivity contribution in [3.63, 3.8) is 0 Å². The van der Waals surface area contributed by atoms with E-state index < -0.39 is 6.04 Å². The lowest BCUT2D eigenvalue weighted by Gasteiger charge is -2.25. The second-order valence-corrected chi connectivity index (χ2v) is 6.11. The highest BCUT2D eigenvalue weighted by molar-refractivity contribution is 5.95. The van der Waals surface area contributed by atoms with Crippen molar-refractivity contribution in [3.8, 4) is 0 Å². The van der Waals surface area contributed by atoms with Gasteiger partial charge in [0.1, 0.15) is 0 Å². The first kappa shape index (κ1) is 14.7. The minimum atomic E-state index is -0.514. The van der Waals surface area contributed by atoms with E-state index in [4.69, 9.17) is 5.73 Å². The zero-order valence-corrected chi connectivity index (χ0v) is 11.9. The molecule has 3 N–H and O–H groups in total. The number of rotatable bonds is 3. The first-order chi connectivity index (χ1) is 8.21. The van der Waals surface area contributed by atoms with E-state index in [9.17, 15) is 4.79 Å². The van der Waals surface area contributed by atoms with Crippen molar-refractivity contribution in [1.82, 2.24) is 0 Å². The molecule has 1 atom stereocenters. The Morgan fingerprint density at radius 2 is 1.89 bits per heavy atom. The maximum atomic E-state index is 12.0. The first-order valence-corrected chi connectivity index (χ1v) is 6.38. The summed E-state index contributed by atoms with van der Waals surface area (Å²) in [6.45, 7) is 10.1. The number of nitrogens with one attached hydrogen (secondary N) is 1. The summed E-state index contributed by atoms with van der Waals surface area (Å²) in [5.74, 6) is 0.307. The number of hydrogen-bond acceptors (Lipinski definition) is 2. The molecule has 1 amide bonds. The molecule has 3 heteroatoms. The lowest BCUT2D eigenvalue weighted by atomic mass is 9.87. The average molecular weight is 248 g/mol. The van der Waals surface area contributed by atoms with Gasteiger partial charge in [-0.05, 0) is 29.0 Å².